The van der Waals surface area contributed by atoms with E-state index < -0.39 is 11.5 Å². The monoisotopic (exact) mass is 525 g/mol. The second-order valence-electron chi connectivity index (χ2n) is 8.68. The van der Waals surface area contributed by atoms with Crippen molar-refractivity contribution in [1.29, 1.82) is 0 Å². The van der Waals surface area contributed by atoms with Crippen LogP contribution in [0.25, 0.3) is 10.9 Å². The quantitative estimate of drug-likeness (QED) is 0.438. The summed E-state index contributed by atoms with van der Waals surface area (Å²) in [7, 11) is 6.17. The molecule has 1 aliphatic heterocycles. The van der Waals surface area contributed by atoms with Crippen LogP contribution in [0.4, 0.5) is 0 Å². The Morgan fingerprint density at radius 3 is 2.46 bits per heavy atom. The van der Waals surface area contributed by atoms with Crippen LogP contribution in [0.3, 0.4) is 0 Å². The molecule has 3 aromatic rings. The van der Waals surface area contributed by atoms with Gasteiger partial charge in [0, 0.05) is 22.2 Å². The van der Waals surface area contributed by atoms with Crippen LogP contribution in [0.15, 0.2) is 41.4 Å². The number of methoxy groups -OCH3 is 4. The topological polar surface area (TPSA) is 100 Å². The molecule has 37 heavy (non-hydrogen) atoms. The molecule has 10 heteroatoms. The molecule has 0 radical (unpaired) electrons. The van der Waals surface area contributed by atoms with Crippen LogP contribution in [0.1, 0.15) is 35.0 Å². The normalized spacial score (nSPS) is 16.9. The number of rotatable bonds is 8. The van der Waals surface area contributed by atoms with Crippen molar-refractivity contribution in [3.05, 3.63) is 53.2 Å². The number of hydrogen-bond acceptors (Lipinski definition) is 8. The molecule has 2 aromatic carbocycles. The molecule has 1 N–H and O–H groups in total. The SMILES string of the molecule is CCC1(c2cc(OC)c(C)cc2OC)CSC(NC(=O)c2cc3cc(OC)ccc3n2CC(=O)OC)=N1. The number of carbonyl (C=O) groups excluding carboxylic acids is 2. The van der Waals surface area contributed by atoms with E-state index in [0.717, 1.165) is 33.5 Å². The van der Waals surface area contributed by atoms with Crippen molar-refractivity contribution in [3.63, 3.8) is 0 Å². The van der Waals surface area contributed by atoms with Gasteiger partial charge in [0.25, 0.3) is 5.91 Å². The fourth-order valence-corrected chi connectivity index (χ4v) is 5.73. The molecule has 1 unspecified atom stereocenters. The van der Waals surface area contributed by atoms with E-state index in [2.05, 4.69) is 12.2 Å². The van der Waals surface area contributed by atoms with Gasteiger partial charge in [-0.15, -0.1) is 0 Å². The lowest BCUT2D eigenvalue weighted by Gasteiger charge is -2.27. The second-order valence-corrected chi connectivity index (χ2v) is 9.65. The predicted octanol–water partition coefficient (Wildman–Crippen LogP) is 4.29. The zero-order valence-electron chi connectivity index (χ0n) is 21.8. The minimum atomic E-state index is -0.592. The standard InChI is InChI=1S/C27H31N3O6S/c1-7-27(19-13-22(34-4)16(2)10-23(19)35-5)15-37-26(29-27)28-25(32)21-12-17-11-18(33-3)8-9-20(17)30(21)14-24(31)36-6/h8-13H,7,14-15H2,1-6H3,(H,28,29,32). The minimum absolute atomic E-state index is 0.103. The molecule has 2 heterocycles. The van der Waals surface area contributed by atoms with Gasteiger partial charge in [-0.2, -0.15) is 0 Å². The average Bonchev–Trinajstić information content (AvgIpc) is 3.49. The number of esters is 1. The molecule has 1 aliphatic rings. The number of aromatic nitrogens is 1. The van der Waals surface area contributed by atoms with Crippen LogP contribution in [0.2, 0.25) is 0 Å². The molecule has 0 saturated heterocycles. The summed E-state index contributed by atoms with van der Waals surface area (Å²) in [5, 5.41) is 4.22. The van der Waals surface area contributed by atoms with E-state index in [0.29, 0.717) is 28.8 Å². The van der Waals surface area contributed by atoms with Crippen molar-refractivity contribution in [2.75, 3.05) is 34.2 Å². The molecule has 0 saturated carbocycles. The summed E-state index contributed by atoms with van der Waals surface area (Å²) in [6, 6.07) is 11.1. The summed E-state index contributed by atoms with van der Waals surface area (Å²) in [6.45, 7) is 3.92. The van der Waals surface area contributed by atoms with Crippen LogP contribution in [-0.2, 0) is 21.6 Å². The van der Waals surface area contributed by atoms with Crippen LogP contribution in [0.5, 0.6) is 17.2 Å². The van der Waals surface area contributed by atoms with E-state index in [4.69, 9.17) is 23.9 Å². The number of fused-ring (bicyclic) bond motifs is 1. The van der Waals surface area contributed by atoms with Gasteiger partial charge in [0.15, 0.2) is 5.17 Å². The number of amides is 1. The molecule has 1 amide bonds. The number of hydrogen-bond donors (Lipinski definition) is 1. The fraction of sp³-hybridized carbons (Fsp3) is 0.370. The van der Waals surface area contributed by atoms with E-state index >= 15 is 0 Å². The first kappa shape index (κ1) is 26.4. The summed E-state index contributed by atoms with van der Waals surface area (Å²) in [4.78, 5) is 30.6. The van der Waals surface area contributed by atoms with Crippen molar-refractivity contribution in [2.24, 2.45) is 4.99 Å². The lowest BCUT2D eigenvalue weighted by molar-refractivity contribution is -0.141. The van der Waals surface area contributed by atoms with Crippen LogP contribution < -0.4 is 19.5 Å². The van der Waals surface area contributed by atoms with Crippen LogP contribution >= 0.6 is 11.8 Å². The molecule has 1 aromatic heterocycles. The third-order valence-corrected chi connectivity index (χ3v) is 7.73. The Morgan fingerprint density at radius 2 is 1.81 bits per heavy atom. The molecule has 0 fully saturated rings. The first-order valence-corrected chi connectivity index (χ1v) is 12.8. The van der Waals surface area contributed by atoms with Crippen molar-refractivity contribution in [3.8, 4) is 17.2 Å². The van der Waals surface area contributed by atoms with Gasteiger partial charge in [0.1, 0.15) is 35.0 Å². The zero-order chi connectivity index (χ0) is 26.7. The number of nitrogens with one attached hydrogen (secondary N) is 1. The summed E-state index contributed by atoms with van der Waals surface area (Å²) in [5.41, 5.74) is 2.32. The lowest BCUT2D eigenvalue weighted by Crippen LogP contribution is -2.30. The Hall–Kier alpha value is -3.66. The van der Waals surface area contributed by atoms with Gasteiger partial charge in [-0.1, -0.05) is 18.7 Å². The Morgan fingerprint density at radius 1 is 1.05 bits per heavy atom. The number of aryl methyl sites for hydroxylation is 1. The number of nitrogens with zero attached hydrogens (tertiary/aromatic N) is 2. The fourth-order valence-electron chi connectivity index (χ4n) is 4.52. The summed E-state index contributed by atoms with van der Waals surface area (Å²) in [5.74, 6) is 1.93. The number of carbonyl (C=O) groups is 2. The van der Waals surface area contributed by atoms with Gasteiger partial charge in [0.05, 0.1) is 28.4 Å². The number of ether oxygens (including phenoxy) is 4. The summed E-state index contributed by atoms with van der Waals surface area (Å²) < 4.78 is 23.1. The van der Waals surface area contributed by atoms with Crippen molar-refractivity contribution < 1.29 is 28.5 Å². The number of aliphatic imine (C=N–C) groups is 1. The molecule has 196 valence electrons. The van der Waals surface area contributed by atoms with Gasteiger partial charge in [0.2, 0.25) is 0 Å². The van der Waals surface area contributed by atoms with Crippen molar-refractivity contribution in [2.45, 2.75) is 32.4 Å². The van der Waals surface area contributed by atoms with Crippen molar-refractivity contribution >= 4 is 39.7 Å². The third-order valence-electron chi connectivity index (χ3n) is 6.64. The smallest absolute Gasteiger partial charge is 0.325 e. The van der Waals surface area contributed by atoms with E-state index in [1.165, 1.54) is 18.9 Å². The number of thioether (sulfide) groups is 1. The highest BCUT2D eigenvalue weighted by Gasteiger charge is 2.39. The number of benzene rings is 2. The lowest BCUT2D eigenvalue weighted by atomic mass is 9.88. The molecular weight excluding hydrogens is 494 g/mol. The molecular formula is C27H31N3O6S. The molecule has 1 atom stereocenters. The Labute approximate surface area is 220 Å². The summed E-state index contributed by atoms with van der Waals surface area (Å²) in [6.07, 6.45) is 0.699. The van der Waals surface area contributed by atoms with E-state index in [-0.39, 0.29) is 12.5 Å². The van der Waals surface area contributed by atoms with Gasteiger partial charge < -0.3 is 23.5 Å². The summed E-state index contributed by atoms with van der Waals surface area (Å²) >= 11 is 1.47. The third kappa shape index (κ3) is 4.98. The minimum Gasteiger partial charge on any atom is -0.497 e. The van der Waals surface area contributed by atoms with E-state index in [9.17, 15) is 9.59 Å². The van der Waals surface area contributed by atoms with Gasteiger partial charge in [-0.25, -0.2) is 4.99 Å². The predicted molar refractivity (Wildman–Crippen MR) is 144 cm³/mol. The first-order chi connectivity index (χ1) is 17.8. The maximum Gasteiger partial charge on any atom is 0.325 e. The second kappa shape index (κ2) is 10.8. The molecule has 9 nitrogen and oxygen atoms in total. The highest BCUT2D eigenvalue weighted by Crippen LogP contribution is 2.45. The molecule has 0 aliphatic carbocycles. The zero-order valence-corrected chi connectivity index (χ0v) is 22.7. The highest BCUT2D eigenvalue weighted by molar-refractivity contribution is 8.14. The first-order valence-electron chi connectivity index (χ1n) is 11.8. The average molecular weight is 526 g/mol. The largest absolute Gasteiger partial charge is 0.497 e. The maximum absolute atomic E-state index is 13.5. The Bertz CT molecular complexity index is 1380. The van der Waals surface area contributed by atoms with Crippen molar-refractivity contribution in [1.82, 2.24) is 9.88 Å². The number of amidine groups is 1. The molecule has 0 bridgehead atoms. The van der Waals surface area contributed by atoms with Crippen LogP contribution in [0, 0.1) is 6.92 Å². The Balaban J connectivity index is 1.70. The molecule has 4 rings (SSSR count). The van der Waals surface area contributed by atoms with Gasteiger partial charge in [-0.3, -0.25) is 14.9 Å². The molecule has 0 spiro atoms. The Kier molecular flexibility index (Phi) is 7.68. The van der Waals surface area contributed by atoms with Gasteiger partial charge >= 0.3 is 5.97 Å². The highest BCUT2D eigenvalue weighted by atomic mass is 32.2. The van der Waals surface area contributed by atoms with E-state index in [1.54, 1.807) is 38.0 Å². The maximum atomic E-state index is 13.5. The van der Waals surface area contributed by atoms with E-state index in [1.807, 2.05) is 31.2 Å². The van der Waals surface area contributed by atoms with Crippen LogP contribution in [-0.4, -0.2) is 55.8 Å². The van der Waals surface area contributed by atoms with Gasteiger partial charge in [-0.05, 0) is 55.3 Å².